The Balaban J connectivity index is 1.51. The lowest BCUT2D eigenvalue weighted by Crippen LogP contribution is -2.17. The Morgan fingerprint density at radius 1 is 1.11 bits per heavy atom. The molecule has 0 amide bonds. The number of thiazole rings is 1. The quantitative estimate of drug-likeness (QED) is 0.345. The number of hydrogen-bond donors (Lipinski definition) is 0. The summed E-state index contributed by atoms with van der Waals surface area (Å²) in [6.45, 7) is 6.19. The largest absolute Gasteiger partial charge is 0.269 e. The Hall–Kier alpha value is -1.77. The molecular formula is C20H20N4OS3. The Kier molecular flexibility index (Phi) is 4.52. The lowest BCUT2D eigenvalue weighted by atomic mass is 10.0. The highest BCUT2D eigenvalue weighted by molar-refractivity contribution is 7.98. The van der Waals surface area contributed by atoms with Crippen molar-refractivity contribution in [2.24, 2.45) is 0 Å². The van der Waals surface area contributed by atoms with Crippen LogP contribution in [-0.2, 0) is 18.6 Å². The molecule has 0 spiro atoms. The maximum atomic E-state index is 12.8. The fraction of sp³-hybridized carbons (Fsp3) is 0.400. The van der Waals surface area contributed by atoms with Gasteiger partial charge in [-0.2, -0.15) is 0 Å². The third-order valence-electron chi connectivity index (χ3n) is 5.28. The van der Waals surface area contributed by atoms with Gasteiger partial charge in [0, 0.05) is 32.7 Å². The molecule has 4 aromatic rings. The maximum absolute atomic E-state index is 12.8. The first-order valence-corrected chi connectivity index (χ1v) is 12.0. The number of nitrogens with zero attached hydrogens (tertiary/aromatic N) is 4. The van der Waals surface area contributed by atoms with E-state index in [1.54, 1.807) is 40.5 Å². The molecule has 1 aliphatic rings. The van der Waals surface area contributed by atoms with Gasteiger partial charge in [0.15, 0.2) is 4.96 Å². The van der Waals surface area contributed by atoms with Crippen molar-refractivity contribution in [3.8, 4) is 0 Å². The number of aromatic nitrogens is 4. The Morgan fingerprint density at radius 2 is 1.93 bits per heavy atom. The van der Waals surface area contributed by atoms with Gasteiger partial charge in [-0.05, 0) is 52.0 Å². The maximum Gasteiger partial charge on any atom is 0.259 e. The molecule has 0 atom stereocenters. The second kappa shape index (κ2) is 6.93. The van der Waals surface area contributed by atoms with E-state index in [1.807, 2.05) is 11.3 Å². The van der Waals surface area contributed by atoms with Gasteiger partial charge in [-0.15, -0.1) is 22.7 Å². The van der Waals surface area contributed by atoms with Gasteiger partial charge in [0.25, 0.3) is 5.56 Å². The van der Waals surface area contributed by atoms with Gasteiger partial charge in [-0.1, -0.05) is 11.8 Å². The van der Waals surface area contributed by atoms with Crippen LogP contribution in [0.2, 0.25) is 0 Å². The molecule has 5 rings (SSSR count). The van der Waals surface area contributed by atoms with Crippen molar-refractivity contribution in [3.63, 3.8) is 0 Å². The van der Waals surface area contributed by atoms with E-state index in [0.717, 1.165) is 51.0 Å². The highest BCUT2D eigenvalue weighted by atomic mass is 32.2. The number of thioether (sulfide) groups is 1. The molecule has 8 heteroatoms. The first-order chi connectivity index (χ1) is 13.5. The van der Waals surface area contributed by atoms with Crippen molar-refractivity contribution in [1.82, 2.24) is 19.4 Å². The SMILES string of the molecule is Cc1nc(SCc2cc(=O)n3c4c(sc3n2)CCCC4)c2c(C)c(C)sc2n1. The van der Waals surface area contributed by atoms with E-state index >= 15 is 0 Å². The summed E-state index contributed by atoms with van der Waals surface area (Å²) >= 11 is 5.04. The summed E-state index contributed by atoms with van der Waals surface area (Å²) in [5.74, 6) is 1.42. The van der Waals surface area contributed by atoms with Gasteiger partial charge in [-0.25, -0.2) is 15.0 Å². The molecule has 0 unspecified atom stereocenters. The molecule has 1 aliphatic carbocycles. The number of hydrogen-bond acceptors (Lipinski definition) is 7. The van der Waals surface area contributed by atoms with Crippen molar-refractivity contribution in [2.75, 3.05) is 0 Å². The summed E-state index contributed by atoms with van der Waals surface area (Å²) in [6.07, 6.45) is 4.42. The van der Waals surface area contributed by atoms with Gasteiger partial charge >= 0.3 is 0 Å². The Bertz CT molecular complexity index is 1280. The van der Waals surface area contributed by atoms with E-state index in [-0.39, 0.29) is 5.56 Å². The lowest BCUT2D eigenvalue weighted by Gasteiger charge is -2.10. The van der Waals surface area contributed by atoms with Crippen molar-refractivity contribution in [2.45, 2.75) is 57.2 Å². The van der Waals surface area contributed by atoms with E-state index in [9.17, 15) is 4.79 Å². The van der Waals surface area contributed by atoms with E-state index < -0.39 is 0 Å². The third-order valence-corrected chi connectivity index (χ3v) is 8.53. The topological polar surface area (TPSA) is 60.2 Å². The number of aryl methyl sites for hydroxylation is 5. The molecule has 4 aromatic heterocycles. The molecule has 0 bridgehead atoms. The van der Waals surface area contributed by atoms with Crippen LogP contribution in [0.25, 0.3) is 15.2 Å². The number of fused-ring (bicyclic) bond motifs is 4. The molecule has 0 saturated carbocycles. The summed E-state index contributed by atoms with van der Waals surface area (Å²) in [6, 6.07) is 1.69. The minimum absolute atomic E-state index is 0.0478. The molecule has 0 fully saturated rings. The van der Waals surface area contributed by atoms with Crippen LogP contribution in [0.4, 0.5) is 0 Å². The minimum atomic E-state index is 0.0478. The van der Waals surface area contributed by atoms with E-state index in [1.165, 1.54) is 27.4 Å². The summed E-state index contributed by atoms with van der Waals surface area (Å²) in [5, 5.41) is 2.12. The standard InChI is InChI=1S/C20H20N4OS3/c1-10-11(2)27-19-17(10)18(21-12(3)22-19)26-9-13-8-16(25)24-14-6-4-5-7-15(14)28-20(24)23-13/h8H,4-7,9H2,1-3H3. The summed E-state index contributed by atoms with van der Waals surface area (Å²) in [7, 11) is 0. The monoisotopic (exact) mass is 428 g/mol. The average Bonchev–Trinajstić information content (AvgIpc) is 3.17. The van der Waals surface area contributed by atoms with Gasteiger partial charge in [-0.3, -0.25) is 9.20 Å². The lowest BCUT2D eigenvalue weighted by molar-refractivity contribution is 0.670. The van der Waals surface area contributed by atoms with Crippen LogP contribution in [0.1, 0.15) is 45.4 Å². The van der Waals surface area contributed by atoms with E-state index in [2.05, 4.69) is 23.8 Å². The van der Waals surface area contributed by atoms with Gasteiger partial charge < -0.3 is 0 Å². The Labute approximate surface area is 174 Å². The summed E-state index contributed by atoms with van der Waals surface area (Å²) < 4.78 is 1.83. The minimum Gasteiger partial charge on any atom is -0.269 e. The van der Waals surface area contributed by atoms with Crippen LogP contribution in [0.15, 0.2) is 15.9 Å². The number of rotatable bonds is 3. The molecule has 28 heavy (non-hydrogen) atoms. The number of thiophene rings is 1. The molecule has 0 saturated heterocycles. The zero-order valence-electron chi connectivity index (χ0n) is 16.0. The molecule has 144 valence electrons. The predicted octanol–water partition coefficient (Wildman–Crippen LogP) is 4.86. The van der Waals surface area contributed by atoms with Crippen LogP contribution in [0, 0.1) is 20.8 Å². The summed E-state index contributed by atoms with van der Waals surface area (Å²) in [5.41, 5.74) is 3.30. The van der Waals surface area contributed by atoms with Crippen LogP contribution < -0.4 is 5.56 Å². The van der Waals surface area contributed by atoms with E-state index in [4.69, 9.17) is 4.98 Å². The normalized spacial score (nSPS) is 14.1. The van der Waals surface area contributed by atoms with Crippen molar-refractivity contribution in [1.29, 1.82) is 0 Å². The fourth-order valence-corrected chi connectivity index (χ4v) is 7.17. The van der Waals surface area contributed by atoms with Gasteiger partial charge in [0.05, 0.1) is 5.69 Å². The smallest absolute Gasteiger partial charge is 0.259 e. The van der Waals surface area contributed by atoms with Crippen molar-refractivity contribution < 1.29 is 0 Å². The molecule has 4 heterocycles. The second-order valence-corrected chi connectivity index (χ2v) is 10.4. The molecule has 0 N–H and O–H groups in total. The first-order valence-electron chi connectivity index (χ1n) is 9.41. The van der Waals surface area contributed by atoms with Crippen LogP contribution in [0.5, 0.6) is 0 Å². The van der Waals surface area contributed by atoms with Gasteiger partial charge in [0.2, 0.25) is 0 Å². The highest BCUT2D eigenvalue weighted by Gasteiger charge is 2.19. The predicted molar refractivity (Wildman–Crippen MR) is 117 cm³/mol. The molecule has 0 aromatic carbocycles. The third kappa shape index (κ3) is 2.98. The highest BCUT2D eigenvalue weighted by Crippen LogP contribution is 2.36. The van der Waals surface area contributed by atoms with Crippen LogP contribution in [-0.4, -0.2) is 19.4 Å². The second-order valence-electron chi connectivity index (χ2n) is 7.21. The van der Waals surface area contributed by atoms with E-state index in [0.29, 0.717) is 5.75 Å². The molecule has 5 nitrogen and oxygen atoms in total. The first kappa shape index (κ1) is 18.3. The Morgan fingerprint density at radius 3 is 2.79 bits per heavy atom. The summed E-state index contributed by atoms with van der Waals surface area (Å²) in [4.78, 5) is 31.3. The average molecular weight is 429 g/mol. The van der Waals surface area contributed by atoms with Crippen LogP contribution >= 0.6 is 34.4 Å². The van der Waals surface area contributed by atoms with Crippen molar-refractivity contribution >= 4 is 49.6 Å². The molecule has 0 aliphatic heterocycles. The molecule has 0 radical (unpaired) electrons. The van der Waals surface area contributed by atoms with Gasteiger partial charge in [0.1, 0.15) is 15.7 Å². The van der Waals surface area contributed by atoms with Crippen LogP contribution in [0.3, 0.4) is 0 Å². The molecular weight excluding hydrogens is 408 g/mol. The van der Waals surface area contributed by atoms with Crippen molar-refractivity contribution in [3.05, 3.63) is 49.0 Å². The zero-order chi connectivity index (χ0) is 19.4. The zero-order valence-corrected chi connectivity index (χ0v) is 18.5. The fourth-order valence-electron chi connectivity index (χ4n) is 3.78.